The van der Waals surface area contributed by atoms with Crippen molar-refractivity contribution in [3.05, 3.63) is 231 Å². The number of hydrogen-bond acceptors (Lipinski definition) is 3. The second kappa shape index (κ2) is 15.0. The monoisotopic (exact) mass is 826 g/mol. The third-order valence-electron chi connectivity index (χ3n) is 13.1. The molecule has 0 atom stereocenters. The fourth-order valence-electron chi connectivity index (χ4n) is 9.97. The summed E-state index contributed by atoms with van der Waals surface area (Å²) in [5.74, 6) is 0.687. The predicted molar refractivity (Wildman–Crippen MR) is 272 cm³/mol. The van der Waals surface area contributed by atoms with Gasteiger partial charge in [0.25, 0.3) is 0 Å². The lowest BCUT2D eigenvalue weighted by Crippen LogP contribution is -1.97. The molecule has 0 saturated carbocycles. The van der Waals surface area contributed by atoms with Gasteiger partial charge in [0.15, 0.2) is 5.82 Å². The summed E-state index contributed by atoms with van der Waals surface area (Å²) >= 11 is 0. The van der Waals surface area contributed by atoms with Gasteiger partial charge in [0.1, 0.15) is 11.2 Å². The smallest absolute Gasteiger partial charge is 0.160 e. The molecule has 0 fully saturated rings. The van der Waals surface area contributed by atoms with Crippen molar-refractivity contribution in [2.24, 2.45) is 0 Å². The van der Waals surface area contributed by atoms with Gasteiger partial charge in [-0.15, -0.1) is 0 Å². The first-order chi connectivity index (χ1) is 32.2. The van der Waals surface area contributed by atoms with Gasteiger partial charge in [-0.2, -0.15) is 0 Å². The molecule has 0 bridgehead atoms. The molecule has 0 aliphatic heterocycles. The highest BCUT2D eigenvalue weighted by Gasteiger charge is 2.18. The molecule has 0 aliphatic rings. The van der Waals surface area contributed by atoms with E-state index < -0.39 is 0 Å². The lowest BCUT2D eigenvalue weighted by molar-refractivity contribution is 0.670. The van der Waals surface area contributed by atoms with Crippen LogP contribution >= 0.6 is 0 Å². The van der Waals surface area contributed by atoms with E-state index in [1.807, 2.05) is 30.3 Å². The standard InChI is InChI=1S/C62H38N2O/c1-2-14-44(15-3-1)62-63-57(42-29-25-41(26-30-42)49-22-12-23-55-53-21-10-11-24-59(53)65-61(49)55)38-58(64-62)52-36-35-47(50-19-8-9-20-51(50)52)40-27-31-43(32-28-40)60-48-18-7-5-16-45(48)37-56-46-17-6-4-13-39(46)33-34-54(56)60/h1-38H. The molecule has 0 N–H and O–H groups in total. The zero-order chi connectivity index (χ0) is 42.8. The largest absolute Gasteiger partial charge is 0.455 e. The van der Waals surface area contributed by atoms with Crippen LogP contribution in [0.2, 0.25) is 0 Å². The average Bonchev–Trinajstić information content (AvgIpc) is 3.77. The van der Waals surface area contributed by atoms with Crippen LogP contribution in [-0.4, -0.2) is 9.97 Å². The van der Waals surface area contributed by atoms with Crippen LogP contribution in [0, 0.1) is 0 Å². The zero-order valence-electron chi connectivity index (χ0n) is 35.2. The minimum Gasteiger partial charge on any atom is -0.455 e. The van der Waals surface area contributed by atoms with Crippen molar-refractivity contribution in [1.29, 1.82) is 0 Å². The molecule has 302 valence electrons. The summed E-state index contributed by atoms with van der Waals surface area (Å²) in [6.07, 6.45) is 0. The van der Waals surface area contributed by atoms with E-state index in [1.165, 1.54) is 60.0 Å². The molecule has 0 aliphatic carbocycles. The number of benzene rings is 11. The minimum absolute atomic E-state index is 0.687. The Morgan fingerprint density at radius 3 is 1.66 bits per heavy atom. The molecular weight excluding hydrogens is 789 g/mol. The van der Waals surface area contributed by atoms with Gasteiger partial charge in [0.05, 0.1) is 11.4 Å². The highest BCUT2D eigenvalue weighted by atomic mass is 16.3. The maximum atomic E-state index is 6.40. The fourth-order valence-corrected chi connectivity index (χ4v) is 9.97. The van der Waals surface area contributed by atoms with Gasteiger partial charge in [0, 0.05) is 33.0 Å². The highest BCUT2D eigenvalue weighted by molar-refractivity contribution is 6.20. The van der Waals surface area contributed by atoms with Crippen LogP contribution in [0.25, 0.3) is 132 Å². The van der Waals surface area contributed by atoms with E-state index in [2.05, 4.69) is 200 Å². The number of para-hydroxylation sites is 2. The molecule has 0 radical (unpaired) electrons. The molecule has 2 aromatic heterocycles. The first kappa shape index (κ1) is 36.9. The van der Waals surface area contributed by atoms with Crippen LogP contribution in [0.4, 0.5) is 0 Å². The number of hydrogen-bond donors (Lipinski definition) is 0. The van der Waals surface area contributed by atoms with Gasteiger partial charge in [-0.05, 0) is 89.1 Å². The highest BCUT2D eigenvalue weighted by Crippen LogP contribution is 2.42. The first-order valence-electron chi connectivity index (χ1n) is 22.1. The summed E-state index contributed by atoms with van der Waals surface area (Å²) in [6.45, 7) is 0. The average molecular weight is 827 g/mol. The van der Waals surface area contributed by atoms with E-state index in [1.54, 1.807) is 0 Å². The van der Waals surface area contributed by atoms with Crippen molar-refractivity contribution >= 4 is 65.0 Å². The summed E-state index contributed by atoms with van der Waals surface area (Å²) < 4.78 is 6.40. The van der Waals surface area contributed by atoms with Crippen LogP contribution in [0.15, 0.2) is 235 Å². The van der Waals surface area contributed by atoms with E-state index in [-0.39, 0.29) is 0 Å². The lowest BCUT2D eigenvalue weighted by atomic mass is 9.88. The molecule has 0 amide bonds. The molecular formula is C62H38N2O. The van der Waals surface area contributed by atoms with E-state index in [0.717, 1.165) is 66.5 Å². The predicted octanol–water partition coefficient (Wildman–Crippen LogP) is 17.0. The molecule has 3 nitrogen and oxygen atoms in total. The third-order valence-corrected chi connectivity index (χ3v) is 13.1. The Morgan fingerprint density at radius 2 is 0.862 bits per heavy atom. The summed E-state index contributed by atoms with van der Waals surface area (Å²) in [4.78, 5) is 10.4. The number of fused-ring (bicyclic) bond motifs is 8. The van der Waals surface area contributed by atoms with Crippen LogP contribution in [0.1, 0.15) is 0 Å². The maximum Gasteiger partial charge on any atom is 0.160 e. The number of nitrogens with zero attached hydrogens (tertiary/aromatic N) is 2. The first-order valence-corrected chi connectivity index (χ1v) is 22.1. The van der Waals surface area contributed by atoms with E-state index in [0.29, 0.717) is 5.82 Å². The number of rotatable bonds is 6. The Morgan fingerprint density at radius 1 is 0.277 bits per heavy atom. The molecule has 0 spiro atoms. The fraction of sp³-hybridized carbons (Fsp3) is 0. The van der Waals surface area contributed by atoms with Crippen LogP contribution in [0.3, 0.4) is 0 Å². The Labute approximate surface area is 375 Å². The Bertz CT molecular complexity index is 3980. The summed E-state index contributed by atoms with van der Waals surface area (Å²) in [6, 6.07) is 82.3. The topological polar surface area (TPSA) is 38.9 Å². The van der Waals surface area contributed by atoms with E-state index >= 15 is 0 Å². The van der Waals surface area contributed by atoms with Crippen LogP contribution in [0.5, 0.6) is 0 Å². The van der Waals surface area contributed by atoms with Crippen molar-refractivity contribution in [2.45, 2.75) is 0 Å². The zero-order valence-corrected chi connectivity index (χ0v) is 35.2. The van der Waals surface area contributed by atoms with Gasteiger partial charge in [-0.3, -0.25) is 0 Å². The second-order valence-corrected chi connectivity index (χ2v) is 16.8. The lowest BCUT2D eigenvalue weighted by Gasteiger charge is -2.16. The summed E-state index contributed by atoms with van der Waals surface area (Å²) in [5.41, 5.74) is 13.5. The van der Waals surface area contributed by atoms with E-state index in [9.17, 15) is 0 Å². The van der Waals surface area contributed by atoms with Gasteiger partial charge in [0.2, 0.25) is 0 Å². The Kier molecular flexibility index (Phi) is 8.53. The van der Waals surface area contributed by atoms with Gasteiger partial charge in [-0.25, -0.2) is 9.97 Å². The third kappa shape index (κ3) is 6.20. The molecule has 0 unspecified atom stereocenters. The van der Waals surface area contributed by atoms with Crippen molar-refractivity contribution in [2.75, 3.05) is 0 Å². The molecule has 65 heavy (non-hydrogen) atoms. The van der Waals surface area contributed by atoms with Gasteiger partial charge in [-0.1, -0.05) is 212 Å². The number of aromatic nitrogens is 2. The van der Waals surface area contributed by atoms with Crippen LogP contribution in [-0.2, 0) is 0 Å². The second-order valence-electron chi connectivity index (χ2n) is 16.8. The minimum atomic E-state index is 0.687. The molecule has 11 aromatic carbocycles. The van der Waals surface area contributed by atoms with Crippen molar-refractivity contribution < 1.29 is 4.42 Å². The molecule has 13 aromatic rings. The van der Waals surface area contributed by atoms with Gasteiger partial charge >= 0.3 is 0 Å². The normalized spacial score (nSPS) is 11.7. The molecule has 3 heteroatoms. The van der Waals surface area contributed by atoms with Crippen molar-refractivity contribution in [3.8, 4) is 67.3 Å². The SMILES string of the molecule is c1ccc(-c2nc(-c3ccc(-c4cccc5c4oc4ccccc45)cc3)cc(-c3ccc(-c4ccc(-c5c6ccccc6cc6c5ccc5ccccc56)cc4)c4ccccc34)n2)cc1. The molecule has 0 saturated heterocycles. The summed E-state index contributed by atoms with van der Waals surface area (Å²) in [5, 5.41) is 12.1. The Balaban J connectivity index is 0.904. The Hall–Kier alpha value is -8.66. The van der Waals surface area contributed by atoms with Crippen molar-refractivity contribution in [1.82, 2.24) is 9.97 Å². The number of furan rings is 1. The summed E-state index contributed by atoms with van der Waals surface area (Å²) in [7, 11) is 0. The molecule has 13 rings (SSSR count). The van der Waals surface area contributed by atoms with Crippen LogP contribution < -0.4 is 0 Å². The molecule has 2 heterocycles. The maximum absolute atomic E-state index is 6.40. The van der Waals surface area contributed by atoms with E-state index in [4.69, 9.17) is 14.4 Å². The quantitative estimate of drug-likeness (QED) is 0.124. The van der Waals surface area contributed by atoms with Crippen molar-refractivity contribution in [3.63, 3.8) is 0 Å². The van der Waals surface area contributed by atoms with Gasteiger partial charge < -0.3 is 4.42 Å².